The van der Waals surface area contributed by atoms with E-state index in [4.69, 9.17) is 5.73 Å². The first-order valence-corrected chi connectivity index (χ1v) is 5.25. The molecule has 0 aliphatic heterocycles. The van der Waals surface area contributed by atoms with Crippen LogP contribution >= 0.6 is 0 Å². The molecule has 0 aliphatic rings. The van der Waals surface area contributed by atoms with Crippen LogP contribution in [0, 0.1) is 13.8 Å². The number of aromatic nitrogens is 2. The third-order valence-corrected chi connectivity index (χ3v) is 2.67. The summed E-state index contributed by atoms with van der Waals surface area (Å²) in [5.41, 5.74) is 9.56. The van der Waals surface area contributed by atoms with Crippen LogP contribution in [0.25, 0.3) is 5.69 Å². The molecule has 0 unspecified atom stereocenters. The monoisotopic (exact) mass is 230 g/mol. The van der Waals surface area contributed by atoms with E-state index in [0.717, 1.165) is 16.8 Å². The van der Waals surface area contributed by atoms with Gasteiger partial charge in [0.25, 0.3) is 0 Å². The van der Waals surface area contributed by atoms with Crippen molar-refractivity contribution in [1.29, 1.82) is 0 Å². The van der Waals surface area contributed by atoms with E-state index in [1.165, 1.54) is 6.20 Å². The Balaban J connectivity index is 2.57. The van der Waals surface area contributed by atoms with Gasteiger partial charge in [-0.3, -0.25) is 4.79 Å². The molecular formula is C12H14N4O. The number of amides is 1. The Labute approximate surface area is 99.2 Å². The largest absolute Gasteiger partial charge is 0.382 e. The highest BCUT2D eigenvalue weighted by Crippen LogP contribution is 2.25. The fourth-order valence-electron chi connectivity index (χ4n) is 1.85. The van der Waals surface area contributed by atoms with Crippen LogP contribution in [-0.2, 0) is 4.79 Å². The summed E-state index contributed by atoms with van der Waals surface area (Å²) in [5, 5.41) is 6.71. The Kier molecular flexibility index (Phi) is 2.82. The Hall–Kier alpha value is -2.30. The molecule has 17 heavy (non-hydrogen) atoms. The molecule has 5 heteroatoms. The standard InChI is InChI=1S/C12H14N4O/c1-8-4-3-5-9(2)11(8)16-12(13)10(6-15-16)14-7-17/h3-7H,13H2,1-2H3,(H,14,17). The Bertz CT molecular complexity index is 539. The van der Waals surface area contributed by atoms with Crippen molar-refractivity contribution in [2.75, 3.05) is 11.1 Å². The van der Waals surface area contributed by atoms with Gasteiger partial charge in [0.15, 0.2) is 5.82 Å². The number of benzene rings is 1. The number of aryl methyl sites for hydroxylation is 2. The predicted octanol–water partition coefficient (Wildman–Crippen LogP) is 1.64. The number of carbonyl (C=O) groups excluding carboxylic acids is 1. The molecule has 5 nitrogen and oxygen atoms in total. The molecule has 0 saturated heterocycles. The average Bonchev–Trinajstić information content (AvgIpc) is 2.62. The number of hydrogen-bond donors (Lipinski definition) is 2. The van der Waals surface area contributed by atoms with Crippen LogP contribution < -0.4 is 11.1 Å². The van der Waals surface area contributed by atoms with Crippen molar-refractivity contribution in [2.45, 2.75) is 13.8 Å². The molecule has 0 radical (unpaired) electrons. The van der Waals surface area contributed by atoms with Crippen molar-refractivity contribution in [3.63, 3.8) is 0 Å². The highest BCUT2D eigenvalue weighted by Gasteiger charge is 2.12. The van der Waals surface area contributed by atoms with E-state index in [1.54, 1.807) is 4.68 Å². The fourth-order valence-corrected chi connectivity index (χ4v) is 1.85. The van der Waals surface area contributed by atoms with Crippen molar-refractivity contribution in [2.24, 2.45) is 0 Å². The number of nitrogens with zero attached hydrogens (tertiary/aromatic N) is 2. The predicted molar refractivity (Wildman–Crippen MR) is 67.1 cm³/mol. The van der Waals surface area contributed by atoms with Gasteiger partial charge in [0.2, 0.25) is 6.41 Å². The first-order chi connectivity index (χ1) is 8.15. The number of hydrogen-bond acceptors (Lipinski definition) is 3. The van der Waals surface area contributed by atoms with Crippen LogP contribution in [0.1, 0.15) is 11.1 Å². The van der Waals surface area contributed by atoms with E-state index in [0.29, 0.717) is 17.9 Å². The van der Waals surface area contributed by atoms with Gasteiger partial charge in [0.05, 0.1) is 11.9 Å². The SMILES string of the molecule is Cc1cccc(C)c1-n1ncc(NC=O)c1N. The molecule has 0 bridgehead atoms. The number of anilines is 2. The van der Waals surface area contributed by atoms with Crippen molar-refractivity contribution in [3.05, 3.63) is 35.5 Å². The highest BCUT2D eigenvalue weighted by atomic mass is 16.1. The second-order valence-corrected chi connectivity index (χ2v) is 3.86. The van der Waals surface area contributed by atoms with Crippen LogP contribution in [0.15, 0.2) is 24.4 Å². The van der Waals surface area contributed by atoms with Gasteiger partial charge in [-0.2, -0.15) is 5.10 Å². The zero-order valence-corrected chi connectivity index (χ0v) is 9.77. The Morgan fingerprint density at radius 2 is 2.00 bits per heavy atom. The van der Waals surface area contributed by atoms with Crippen molar-refractivity contribution >= 4 is 17.9 Å². The molecule has 1 heterocycles. The normalized spacial score (nSPS) is 10.2. The van der Waals surface area contributed by atoms with E-state index >= 15 is 0 Å². The first-order valence-electron chi connectivity index (χ1n) is 5.25. The van der Waals surface area contributed by atoms with Gasteiger partial charge in [-0.25, -0.2) is 4.68 Å². The van der Waals surface area contributed by atoms with Gasteiger partial charge in [-0.1, -0.05) is 18.2 Å². The third kappa shape index (κ3) is 1.87. The van der Waals surface area contributed by atoms with Crippen LogP contribution in [-0.4, -0.2) is 16.2 Å². The summed E-state index contributed by atoms with van der Waals surface area (Å²) in [6.45, 7) is 3.99. The Morgan fingerprint density at radius 3 is 2.59 bits per heavy atom. The Morgan fingerprint density at radius 1 is 1.35 bits per heavy atom. The summed E-state index contributed by atoms with van der Waals surface area (Å²) < 4.78 is 1.64. The molecule has 0 fully saturated rings. The van der Waals surface area contributed by atoms with Gasteiger partial charge in [-0.05, 0) is 25.0 Å². The molecule has 0 saturated carbocycles. The second kappa shape index (κ2) is 4.29. The van der Waals surface area contributed by atoms with Crippen molar-refractivity contribution < 1.29 is 4.79 Å². The van der Waals surface area contributed by atoms with E-state index < -0.39 is 0 Å². The minimum atomic E-state index is 0.425. The van der Waals surface area contributed by atoms with E-state index in [9.17, 15) is 4.79 Å². The number of nitrogen functional groups attached to an aromatic ring is 1. The number of nitrogens with one attached hydrogen (secondary N) is 1. The maximum Gasteiger partial charge on any atom is 0.211 e. The summed E-state index contributed by atoms with van der Waals surface area (Å²) in [6.07, 6.45) is 2.12. The van der Waals surface area contributed by atoms with Crippen molar-refractivity contribution in [3.8, 4) is 5.69 Å². The maximum atomic E-state index is 10.4. The van der Waals surface area contributed by atoms with Gasteiger partial charge in [0, 0.05) is 0 Å². The molecule has 2 aromatic rings. The van der Waals surface area contributed by atoms with E-state index in [2.05, 4.69) is 10.4 Å². The van der Waals surface area contributed by atoms with E-state index in [1.807, 2.05) is 32.0 Å². The zero-order chi connectivity index (χ0) is 12.4. The molecular weight excluding hydrogens is 216 g/mol. The summed E-state index contributed by atoms with van der Waals surface area (Å²) in [6, 6.07) is 5.98. The molecule has 0 spiro atoms. The average molecular weight is 230 g/mol. The lowest BCUT2D eigenvalue weighted by atomic mass is 10.1. The van der Waals surface area contributed by atoms with Gasteiger partial charge >= 0.3 is 0 Å². The van der Waals surface area contributed by atoms with Gasteiger partial charge in [-0.15, -0.1) is 0 Å². The summed E-state index contributed by atoms with van der Waals surface area (Å²) >= 11 is 0. The smallest absolute Gasteiger partial charge is 0.211 e. The summed E-state index contributed by atoms with van der Waals surface area (Å²) in [4.78, 5) is 10.4. The minimum Gasteiger partial charge on any atom is -0.382 e. The highest BCUT2D eigenvalue weighted by molar-refractivity contribution is 5.78. The summed E-state index contributed by atoms with van der Waals surface area (Å²) in [5.74, 6) is 0.425. The van der Waals surface area contributed by atoms with Crippen LogP contribution in [0.2, 0.25) is 0 Å². The lowest BCUT2D eigenvalue weighted by Gasteiger charge is -2.11. The van der Waals surface area contributed by atoms with Crippen LogP contribution in [0.5, 0.6) is 0 Å². The van der Waals surface area contributed by atoms with Crippen LogP contribution in [0.4, 0.5) is 11.5 Å². The van der Waals surface area contributed by atoms with Gasteiger partial charge in [0.1, 0.15) is 5.69 Å². The summed E-state index contributed by atoms with van der Waals surface area (Å²) in [7, 11) is 0. The van der Waals surface area contributed by atoms with Gasteiger partial charge < -0.3 is 11.1 Å². The molecule has 0 atom stereocenters. The number of para-hydroxylation sites is 1. The fraction of sp³-hybridized carbons (Fsp3) is 0.167. The van der Waals surface area contributed by atoms with Crippen LogP contribution in [0.3, 0.4) is 0 Å². The molecule has 2 rings (SSSR count). The maximum absolute atomic E-state index is 10.4. The third-order valence-electron chi connectivity index (χ3n) is 2.67. The quantitative estimate of drug-likeness (QED) is 0.787. The lowest BCUT2D eigenvalue weighted by Crippen LogP contribution is -2.07. The van der Waals surface area contributed by atoms with E-state index in [-0.39, 0.29) is 0 Å². The van der Waals surface area contributed by atoms with Crippen molar-refractivity contribution in [1.82, 2.24) is 9.78 Å². The lowest BCUT2D eigenvalue weighted by molar-refractivity contribution is -0.105. The molecule has 88 valence electrons. The molecule has 1 aromatic heterocycles. The zero-order valence-electron chi connectivity index (χ0n) is 9.77. The molecule has 1 aromatic carbocycles. The molecule has 0 aliphatic carbocycles. The molecule has 3 N–H and O–H groups in total. The first kappa shape index (κ1) is 11.2. The number of rotatable bonds is 3. The topological polar surface area (TPSA) is 72.9 Å². The number of carbonyl (C=O) groups is 1. The minimum absolute atomic E-state index is 0.425. The molecule has 1 amide bonds. The second-order valence-electron chi connectivity index (χ2n) is 3.86. The number of nitrogens with two attached hydrogens (primary N) is 1.